The molecule has 0 aliphatic carbocycles. The standard InChI is InChI=1S/C19H16N4O3S/c1-11(18-21-13-7-3-4-9-16(13)27-18)22(2)19(24)14-10-12-6-5-8-15(23(25)26)17(12)20-14/h3-11,20H,1-2H3/t11-/m0/s1. The van der Waals surface area contributed by atoms with Crippen LogP contribution in [0.25, 0.3) is 21.1 Å². The molecular weight excluding hydrogens is 364 g/mol. The number of carbonyl (C=O) groups is 1. The maximum Gasteiger partial charge on any atom is 0.293 e. The lowest BCUT2D eigenvalue weighted by Gasteiger charge is -2.22. The average molecular weight is 380 g/mol. The number of H-pyrrole nitrogens is 1. The molecule has 0 bridgehead atoms. The van der Waals surface area contributed by atoms with Gasteiger partial charge in [-0.15, -0.1) is 11.3 Å². The molecule has 2 aromatic carbocycles. The van der Waals surface area contributed by atoms with Crippen molar-refractivity contribution in [3.8, 4) is 0 Å². The van der Waals surface area contributed by atoms with Crippen LogP contribution in [0.3, 0.4) is 0 Å². The number of para-hydroxylation sites is 2. The van der Waals surface area contributed by atoms with E-state index in [1.54, 1.807) is 41.5 Å². The molecule has 7 nitrogen and oxygen atoms in total. The van der Waals surface area contributed by atoms with E-state index in [1.165, 1.54) is 6.07 Å². The molecule has 0 fully saturated rings. The van der Waals surface area contributed by atoms with E-state index in [4.69, 9.17) is 0 Å². The number of fused-ring (bicyclic) bond motifs is 2. The average Bonchev–Trinajstić information content (AvgIpc) is 3.29. The van der Waals surface area contributed by atoms with Crippen molar-refractivity contribution in [3.63, 3.8) is 0 Å². The Hall–Kier alpha value is -3.26. The fourth-order valence-corrected chi connectivity index (χ4v) is 4.07. The van der Waals surface area contributed by atoms with Gasteiger partial charge < -0.3 is 9.88 Å². The molecular formula is C19H16N4O3S. The van der Waals surface area contributed by atoms with Gasteiger partial charge in [0.2, 0.25) is 0 Å². The molecule has 0 aliphatic rings. The van der Waals surface area contributed by atoms with Crippen LogP contribution >= 0.6 is 11.3 Å². The summed E-state index contributed by atoms with van der Waals surface area (Å²) >= 11 is 1.55. The van der Waals surface area contributed by atoms with Crippen LogP contribution in [0.1, 0.15) is 28.5 Å². The summed E-state index contributed by atoms with van der Waals surface area (Å²) in [5.41, 5.74) is 1.53. The van der Waals surface area contributed by atoms with Gasteiger partial charge in [0.1, 0.15) is 16.2 Å². The summed E-state index contributed by atoms with van der Waals surface area (Å²) in [6, 6.07) is 14.0. The van der Waals surface area contributed by atoms with E-state index < -0.39 is 4.92 Å². The number of aromatic amines is 1. The number of nitrogens with zero attached hydrogens (tertiary/aromatic N) is 3. The summed E-state index contributed by atoms with van der Waals surface area (Å²) in [6.07, 6.45) is 0. The van der Waals surface area contributed by atoms with Crippen LogP contribution in [0.4, 0.5) is 5.69 Å². The van der Waals surface area contributed by atoms with Gasteiger partial charge >= 0.3 is 0 Å². The number of carbonyl (C=O) groups excluding carboxylic acids is 1. The molecule has 27 heavy (non-hydrogen) atoms. The number of thiazole rings is 1. The van der Waals surface area contributed by atoms with Crippen molar-refractivity contribution < 1.29 is 9.72 Å². The fraction of sp³-hybridized carbons (Fsp3) is 0.158. The second kappa shape index (κ2) is 6.48. The van der Waals surface area contributed by atoms with Crippen molar-refractivity contribution in [1.29, 1.82) is 0 Å². The van der Waals surface area contributed by atoms with E-state index in [1.807, 2.05) is 31.2 Å². The number of hydrogen-bond acceptors (Lipinski definition) is 5. The third kappa shape index (κ3) is 2.93. The van der Waals surface area contributed by atoms with Gasteiger partial charge in [-0.25, -0.2) is 4.98 Å². The first-order chi connectivity index (χ1) is 13.0. The molecule has 2 aromatic heterocycles. The van der Waals surface area contributed by atoms with Crippen molar-refractivity contribution in [1.82, 2.24) is 14.9 Å². The highest BCUT2D eigenvalue weighted by molar-refractivity contribution is 7.18. The highest BCUT2D eigenvalue weighted by Gasteiger charge is 2.24. The molecule has 1 N–H and O–H groups in total. The van der Waals surface area contributed by atoms with E-state index >= 15 is 0 Å². The molecule has 4 aromatic rings. The van der Waals surface area contributed by atoms with Crippen LogP contribution in [-0.2, 0) is 0 Å². The first-order valence-electron chi connectivity index (χ1n) is 8.34. The summed E-state index contributed by atoms with van der Waals surface area (Å²) in [7, 11) is 1.71. The number of nitro benzene ring substituents is 1. The Morgan fingerprint density at radius 2 is 2.04 bits per heavy atom. The fourth-order valence-electron chi connectivity index (χ4n) is 3.01. The molecule has 0 saturated heterocycles. The van der Waals surface area contributed by atoms with Gasteiger partial charge in [0.05, 0.1) is 21.2 Å². The van der Waals surface area contributed by atoms with E-state index in [0.717, 1.165) is 15.2 Å². The van der Waals surface area contributed by atoms with Crippen molar-refractivity contribution in [3.05, 3.63) is 69.3 Å². The van der Waals surface area contributed by atoms with Crippen molar-refractivity contribution in [2.75, 3.05) is 7.05 Å². The zero-order valence-electron chi connectivity index (χ0n) is 14.7. The molecule has 0 spiro atoms. The Labute approximate surface area is 158 Å². The summed E-state index contributed by atoms with van der Waals surface area (Å²) in [4.78, 5) is 32.8. The van der Waals surface area contributed by atoms with Crippen molar-refractivity contribution in [2.45, 2.75) is 13.0 Å². The van der Waals surface area contributed by atoms with Gasteiger partial charge in [-0.3, -0.25) is 14.9 Å². The van der Waals surface area contributed by atoms with Crippen LogP contribution in [0.2, 0.25) is 0 Å². The second-order valence-corrected chi connectivity index (χ2v) is 7.36. The first-order valence-corrected chi connectivity index (χ1v) is 9.16. The minimum Gasteiger partial charge on any atom is -0.345 e. The smallest absolute Gasteiger partial charge is 0.293 e. The molecule has 8 heteroatoms. The van der Waals surface area contributed by atoms with Crippen LogP contribution < -0.4 is 0 Å². The molecule has 0 radical (unpaired) electrons. The van der Waals surface area contributed by atoms with Gasteiger partial charge in [0.15, 0.2) is 0 Å². The number of aromatic nitrogens is 2. The van der Waals surface area contributed by atoms with E-state index in [-0.39, 0.29) is 17.6 Å². The first kappa shape index (κ1) is 17.2. The molecule has 0 saturated carbocycles. The van der Waals surface area contributed by atoms with Gasteiger partial charge in [0, 0.05) is 18.5 Å². The van der Waals surface area contributed by atoms with Gasteiger partial charge in [-0.05, 0) is 25.1 Å². The number of rotatable bonds is 4. The zero-order chi connectivity index (χ0) is 19.1. The van der Waals surface area contributed by atoms with Crippen LogP contribution in [0, 0.1) is 10.1 Å². The largest absolute Gasteiger partial charge is 0.345 e. The third-order valence-electron chi connectivity index (χ3n) is 4.63. The summed E-state index contributed by atoms with van der Waals surface area (Å²) in [5, 5.41) is 12.7. The summed E-state index contributed by atoms with van der Waals surface area (Å²) in [6.45, 7) is 1.92. The number of amides is 1. The Balaban J connectivity index is 1.66. The maximum atomic E-state index is 12.9. The molecule has 2 heterocycles. The number of non-ortho nitro benzene ring substituents is 1. The Morgan fingerprint density at radius 1 is 1.26 bits per heavy atom. The quantitative estimate of drug-likeness (QED) is 0.416. The molecule has 136 valence electrons. The third-order valence-corrected chi connectivity index (χ3v) is 5.84. The van der Waals surface area contributed by atoms with Crippen LogP contribution in [-0.4, -0.2) is 32.7 Å². The topological polar surface area (TPSA) is 92.1 Å². The zero-order valence-corrected chi connectivity index (χ0v) is 15.5. The molecule has 1 amide bonds. The molecule has 0 unspecified atom stereocenters. The lowest BCUT2D eigenvalue weighted by atomic mass is 10.2. The van der Waals surface area contributed by atoms with E-state index in [0.29, 0.717) is 16.6 Å². The highest BCUT2D eigenvalue weighted by Crippen LogP contribution is 2.30. The molecule has 1 atom stereocenters. The molecule has 4 rings (SSSR count). The predicted molar refractivity (Wildman–Crippen MR) is 105 cm³/mol. The molecule has 0 aliphatic heterocycles. The summed E-state index contributed by atoms with van der Waals surface area (Å²) < 4.78 is 1.07. The minimum atomic E-state index is -0.458. The van der Waals surface area contributed by atoms with Crippen LogP contribution in [0.5, 0.6) is 0 Å². The normalized spacial score (nSPS) is 12.4. The monoisotopic (exact) mass is 380 g/mol. The number of nitrogens with one attached hydrogen (secondary N) is 1. The lowest BCUT2D eigenvalue weighted by molar-refractivity contribution is -0.383. The van der Waals surface area contributed by atoms with Crippen molar-refractivity contribution >= 4 is 44.1 Å². The minimum absolute atomic E-state index is 0.0478. The summed E-state index contributed by atoms with van der Waals surface area (Å²) in [5.74, 6) is -0.243. The number of benzene rings is 2. The van der Waals surface area contributed by atoms with Gasteiger partial charge in [0.25, 0.3) is 11.6 Å². The number of nitro groups is 1. The maximum absolute atomic E-state index is 12.9. The van der Waals surface area contributed by atoms with Crippen molar-refractivity contribution in [2.24, 2.45) is 0 Å². The van der Waals surface area contributed by atoms with Crippen LogP contribution in [0.15, 0.2) is 48.5 Å². The van der Waals surface area contributed by atoms with Gasteiger partial charge in [-0.1, -0.05) is 24.3 Å². The van der Waals surface area contributed by atoms with E-state index in [9.17, 15) is 14.9 Å². The second-order valence-electron chi connectivity index (χ2n) is 6.29. The van der Waals surface area contributed by atoms with Gasteiger partial charge in [-0.2, -0.15) is 0 Å². The predicted octanol–water partition coefficient (Wildman–Crippen LogP) is 4.52. The van der Waals surface area contributed by atoms with E-state index in [2.05, 4.69) is 9.97 Å². The SMILES string of the molecule is C[C@@H](c1nc2ccccc2s1)N(C)C(=O)c1cc2cccc([N+](=O)[O-])c2[nH]1. The number of hydrogen-bond donors (Lipinski definition) is 1. The Kier molecular flexibility index (Phi) is 4.12. The highest BCUT2D eigenvalue weighted by atomic mass is 32.1. The lowest BCUT2D eigenvalue weighted by Crippen LogP contribution is -2.29. The Bertz CT molecular complexity index is 1150. The Morgan fingerprint density at radius 3 is 2.78 bits per heavy atom.